The third-order valence-electron chi connectivity index (χ3n) is 5.07. The molecule has 1 aliphatic rings. The standard InChI is InChI=1S/C24H24N2O2/c1-28-17-19-5-4-7-22(15-19)25-24(27)21-11-9-18(10-12-21)16-26-14-13-20-6-2-3-8-23(20)26/h2-12,15H,13-14,16-17H2,1H3,(H,25,27). The van der Waals surface area contributed by atoms with Gasteiger partial charge in [0.2, 0.25) is 0 Å². The van der Waals surface area contributed by atoms with Crippen molar-refractivity contribution in [2.24, 2.45) is 0 Å². The molecule has 0 aliphatic carbocycles. The van der Waals surface area contributed by atoms with Gasteiger partial charge in [0.25, 0.3) is 5.91 Å². The maximum Gasteiger partial charge on any atom is 0.255 e. The molecule has 0 bridgehead atoms. The Bertz CT molecular complexity index is 966. The minimum absolute atomic E-state index is 0.104. The Kier molecular flexibility index (Phi) is 5.40. The summed E-state index contributed by atoms with van der Waals surface area (Å²) >= 11 is 0. The van der Waals surface area contributed by atoms with Gasteiger partial charge in [0.05, 0.1) is 6.61 Å². The van der Waals surface area contributed by atoms with Crippen molar-refractivity contribution in [1.82, 2.24) is 0 Å². The second-order valence-corrected chi connectivity index (χ2v) is 7.08. The van der Waals surface area contributed by atoms with Crippen molar-refractivity contribution in [2.75, 3.05) is 23.9 Å². The van der Waals surface area contributed by atoms with Gasteiger partial charge in [0.15, 0.2) is 0 Å². The number of methoxy groups -OCH3 is 1. The van der Waals surface area contributed by atoms with Crippen LogP contribution in [0.4, 0.5) is 11.4 Å². The highest BCUT2D eigenvalue weighted by Gasteiger charge is 2.18. The Morgan fingerprint density at radius 2 is 1.82 bits per heavy atom. The average molecular weight is 372 g/mol. The van der Waals surface area contributed by atoms with Crippen LogP contribution in [0.25, 0.3) is 0 Å². The largest absolute Gasteiger partial charge is 0.380 e. The molecule has 3 aromatic carbocycles. The number of para-hydroxylation sites is 1. The topological polar surface area (TPSA) is 41.6 Å². The van der Waals surface area contributed by atoms with Crippen molar-refractivity contribution in [3.05, 3.63) is 95.1 Å². The number of nitrogens with zero attached hydrogens (tertiary/aromatic N) is 1. The molecule has 4 heteroatoms. The quantitative estimate of drug-likeness (QED) is 0.685. The molecular weight excluding hydrogens is 348 g/mol. The second-order valence-electron chi connectivity index (χ2n) is 7.08. The minimum atomic E-state index is -0.104. The van der Waals surface area contributed by atoms with E-state index < -0.39 is 0 Å². The van der Waals surface area contributed by atoms with Crippen LogP contribution in [-0.4, -0.2) is 19.6 Å². The van der Waals surface area contributed by atoms with Gasteiger partial charge < -0.3 is 15.0 Å². The number of fused-ring (bicyclic) bond motifs is 1. The van der Waals surface area contributed by atoms with Crippen LogP contribution in [0, 0.1) is 0 Å². The molecule has 4 nitrogen and oxygen atoms in total. The van der Waals surface area contributed by atoms with Crippen LogP contribution in [0.1, 0.15) is 27.0 Å². The van der Waals surface area contributed by atoms with E-state index in [2.05, 4.69) is 34.5 Å². The number of benzene rings is 3. The summed E-state index contributed by atoms with van der Waals surface area (Å²) in [6.45, 7) is 2.43. The maximum atomic E-state index is 12.5. The molecule has 1 aliphatic heterocycles. The predicted octanol–water partition coefficient (Wildman–Crippen LogP) is 4.65. The first-order valence-electron chi connectivity index (χ1n) is 9.54. The van der Waals surface area contributed by atoms with E-state index in [4.69, 9.17) is 4.74 Å². The molecule has 28 heavy (non-hydrogen) atoms. The van der Waals surface area contributed by atoms with E-state index in [-0.39, 0.29) is 5.91 Å². The lowest BCUT2D eigenvalue weighted by Crippen LogP contribution is -2.19. The van der Waals surface area contributed by atoms with Gasteiger partial charge in [-0.1, -0.05) is 42.5 Å². The number of ether oxygens (including phenoxy) is 1. The Balaban J connectivity index is 1.40. The van der Waals surface area contributed by atoms with E-state index in [1.165, 1.54) is 16.8 Å². The first kappa shape index (κ1) is 18.3. The van der Waals surface area contributed by atoms with Gasteiger partial charge in [-0.3, -0.25) is 4.79 Å². The summed E-state index contributed by atoms with van der Waals surface area (Å²) < 4.78 is 5.15. The van der Waals surface area contributed by atoms with Gasteiger partial charge in [-0.05, 0) is 53.4 Å². The normalized spacial score (nSPS) is 12.7. The van der Waals surface area contributed by atoms with Crippen LogP contribution in [0.15, 0.2) is 72.8 Å². The number of carbonyl (C=O) groups excluding carboxylic acids is 1. The summed E-state index contributed by atoms with van der Waals surface area (Å²) in [6, 6.07) is 24.1. The summed E-state index contributed by atoms with van der Waals surface area (Å²) in [5, 5.41) is 2.96. The highest BCUT2D eigenvalue weighted by atomic mass is 16.5. The number of carbonyl (C=O) groups is 1. The minimum Gasteiger partial charge on any atom is -0.380 e. The van der Waals surface area contributed by atoms with E-state index in [1.807, 2.05) is 48.5 Å². The Hall–Kier alpha value is -3.11. The van der Waals surface area contributed by atoms with E-state index in [0.717, 1.165) is 30.8 Å². The lowest BCUT2D eigenvalue weighted by atomic mass is 10.1. The molecule has 0 saturated carbocycles. The molecule has 0 unspecified atom stereocenters. The van der Waals surface area contributed by atoms with Gasteiger partial charge in [-0.15, -0.1) is 0 Å². The van der Waals surface area contributed by atoms with Gasteiger partial charge in [-0.25, -0.2) is 0 Å². The molecule has 1 N–H and O–H groups in total. The summed E-state index contributed by atoms with van der Waals surface area (Å²) in [6.07, 6.45) is 1.10. The number of nitrogens with one attached hydrogen (secondary N) is 1. The van der Waals surface area contributed by atoms with E-state index >= 15 is 0 Å². The van der Waals surface area contributed by atoms with Crippen molar-refractivity contribution in [2.45, 2.75) is 19.6 Å². The third-order valence-corrected chi connectivity index (χ3v) is 5.07. The van der Waals surface area contributed by atoms with E-state index in [1.54, 1.807) is 7.11 Å². The van der Waals surface area contributed by atoms with Crippen LogP contribution in [0.3, 0.4) is 0 Å². The average Bonchev–Trinajstić information content (AvgIpc) is 3.12. The summed E-state index contributed by atoms with van der Waals surface area (Å²) in [5.41, 5.74) is 6.39. The zero-order chi connectivity index (χ0) is 19.3. The molecule has 0 aromatic heterocycles. The van der Waals surface area contributed by atoms with Gasteiger partial charge >= 0.3 is 0 Å². The van der Waals surface area contributed by atoms with Crippen molar-refractivity contribution < 1.29 is 9.53 Å². The predicted molar refractivity (Wildman–Crippen MR) is 113 cm³/mol. The Morgan fingerprint density at radius 3 is 2.64 bits per heavy atom. The Labute approximate surface area is 165 Å². The highest BCUT2D eigenvalue weighted by molar-refractivity contribution is 6.04. The van der Waals surface area contributed by atoms with Gasteiger partial charge in [0, 0.05) is 37.1 Å². The number of amides is 1. The number of anilines is 2. The molecular formula is C24H24N2O2. The van der Waals surface area contributed by atoms with Crippen LogP contribution in [-0.2, 0) is 24.3 Å². The van der Waals surface area contributed by atoms with Crippen molar-refractivity contribution >= 4 is 17.3 Å². The number of rotatable bonds is 6. The molecule has 1 amide bonds. The lowest BCUT2D eigenvalue weighted by Gasteiger charge is -2.19. The second kappa shape index (κ2) is 8.28. The molecule has 0 atom stereocenters. The summed E-state index contributed by atoms with van der Waals surface area (Å²) in [4.78, 5) is 14.9. The summed E-state index contributed by atoms with van der Waals surface area (Å²) in [7, 11) is 1.66. The van der Waals surface area contributed by atoms with Crippen molar-refractivity contribution in [3.8, 4) is 0 Å². The zero-order valence-corrected chi connectivity index (χ0v) is 16.0. The first-order valence-corrected chi connectivity index (χ1v) is 9.54. The van der Waals surface area contributed by atoms with Crippen LogP contribution in [0.5, 0.6) is 0 Å². The van der Waals surface area contributed by atoms with Crippen LogP contribution >= 0.6 is 0 Å². The van der Waals surface area contributed by atoms with E-state index in [0.29, 0.717) is 12.2 Å². The molecule has 142 valence electrons. The van der Waals surface area contributed by atoms with Gasteiger partial charge in [-0.2, -0.15) is 0 Å². The number of hydrogen-bond donors (Lipinski definition) is 1. The fourth-order valence-corrected chi connectivity index (χ4v) is 3.66. The number of hydrogen-bond acceptors (Lipinski definition) is 3. The fraction of sp³-hybridized carbons (Fsp3) is 0.208. The Morgan fingerprint density at radius 1 is 1.00 bits per heavy atom. The van der Waals surface area contributed by atoms with Crippen LogP contribution in [0.2, 0.25) is 0 Å². The molecule has 1 heterocycles. The first-order chi connectivity index (χ1) is 13.7. The lowest BCUT2D eigenvalue weighted by molar-refractivity contribution is 0.102. The van der Waals surface area contributed by atoms with Gasteiger partial charge in [0.1, 0.15) is 0 Å². The monoisotopic (exact) mass is 372 g/mol. The summed E-state index contributed by atoms with van der Waals surface area (Å²) in [5.74, 6) is -0.104. The maximum absolute atomic E-state index is 12.5. The highest BCUT2D eigenvalue weighted by Crippen LogP contribution is 2.28. The fourth-order valence-electron chi connectivity index (χ4n) is 3.66. The van der Waals surface area contributed by atoms with Crippen molar-refractivity contribution in [3.63, 3.8) is 0 Å². The molecule has 0 fully saturated rings. The SMILES string of the molecule is COCc1cccc(NC(=O)c2ccc(CN3CCc4ccccc43)cc2)c1. The van der Waals surface area contributed by atoms with Crippen molar-refractivity contribution in [1.29, 1.82) is 0 Å². The molecule has 0 spiro atoms. The van der Waals surface area contributed by atoms with Crippen LogP contribution < -0.4 is 10.2 Å². The smallest absolute Gasteiger partial charge is 0.255 e. The molecule has 4 rings (SSSR count). The molecule has 0 saturated heterocycles. The zero-order valence-electron chi connectivity index (χ0n) is 16.0. The van der Waals surface area contributed by atoms with E-state index in [9.17, 15) is 4.79 Å². The molecule has 3 aromatic rings. The third kappa shape index (κ3) is 4.07. The molecule has 0 radical (unpaired) electrons.